The average molecular weight is 265 g/mol. The van der Waals surface area contributed by atoms with Gasteiger partial charge in [0.25, 0.3) is 5.91 Å². The van der Waals surface area contributed by atoms with E-state index in [9.17, 15) is 4.79 Å². The third-order valence-electron chi connectivity index (χ3n) is 2.86. The predicted octanol–water partition coefficient (Wildman–Crippen LogP) is 0.761. The summed E-state index contributed by atoms with van der Waals surface area (Å²) in [4.78, 5) is 17.7. The van der Waals surface area contributed by atoms with E-state index in [1.54, 1.807) is 6.07 Å². The monoisotopic (exact) mass is 265 g/mol. The lowest BCUT2D eigenvalue weighted by Gasteiger charge is -2.26. The first-order valence-electron chi connectivity index (χ1n) is 6.27. The number of nitrogens with two attached hydrogens (primary N) is 2. The van der Waals surface area contributed by atoms with E-state index in [1.807, 2.05) is 14.1 Å². The van der Waals surface area contributed by atoms with Crippen LogP contribution in [-0.4, -0.2) is 42.5 Å². The molecule has 6 nitrogen and oxygen atoms in total. The first kappa shape index (κ1) is 15.2. The minimum absolute atomic E-state index is 0.171. The molecule has 0 fully saturated rings. The molecule has 0 aliphatic rings. The molecule has 0 aliphatic carbocycles. The Morgan fingerprint density at radius 3 is 2.58 bits per heavy atom. The van der Waals surface area contributed by atoms with Crippen LogP contribution in [0.3, 0.4) is 0 Å². The number of primary amides is 1. The van der Waals surface area contributed by atoms with E-state index >= 15 is 0 Å². The number of carbonyl (C=O) groups is 1. The van der Waals surface area contributed by atoms with Gasteiger partial charge in [-0.3, -0.25) is 4.79 Å². The minimum atomic E-state index is -0.533. The molecule has 5 N–H and O–H groups in total. The van der Waals surface area contributed by atoms with Crippen molar-refractivity contribution in [2.45, 2.75) is 19.9 Å². The maximum Gasteiger partial charge on any atom is 0.252 e. The lowest BCUT2D eigenvalue weighted by Crippen LogP contribution is -2.37. The zero-order valence-electron chi connectivity index (χ0n) is 12.0. The normalized spacial score (nSPS) is 12.7. The second-order valence-electron chi connectivity index (χ2n) is 5.29. The number of nitrogen functional groups attached to an aromatic ring is 1. The number of amides is 1. The van der Waals surface area contributed by atoms with Gasteiger partial charge in [0.1, 0.15) is 5.82 Å². The summed E-state index contributed by atoms with van der Waals surface area (Å²) in [6.45, 7) is 5.06. The molecular formula is C13H23N5O. The van der Waals surface area contributed by atoms with Crippen LogP contribution in [0.2, 0.25) is 0 Å². The number of pyridine rings is 1. The summed E-state index contributed by atoms with van der Waals surface area (Å²) in [6, 6.07) is 1.72. The molecule has 1 aromatic rings. The van der Waals surface area contributed by atoms with Crippen molar-refractivity contribution < 1.29 is 4.79 Å². The molecule has 0 saturated heterocycles. The predicted molar refractivity (Wildman–Crippen MR) is 78.0 cm³/mol. The molecule has 1 rings (SSSR count). The third-order valence-corrected chi connectivity index (χ3v) is 2.86. The maximum atomic E-state index is 11.4. The SMILES string of the molecule is CC(C)C(CN(C)C)Nc1ncc(N)cc1C(N)=O. The van der Waals surface area contributed by atoms with Crippen LogP contribution in [-0.2, 0) is 0 Å². The van der Waals surface area contributed by atoms with Crippen LogP contribution in [0.1, 0.15) is 24.2 Å². The molecule has 0 saturated carbocycles. The highest BCUT2D eigenvalue weighted by Crippen LogP contribution is 2.18. The Balaban J connectivity index is 2.99. The van der Waals surface area contributed by atoms with E-state index in [4.69, 9.17) is 11.5 Å². The molecule has 1 atom stereocenters. The Kier molecular flexibility index (Phi) is 5.11. The Hall–Kier alpha value is -1.82. The Bertz CT molecular complexity index is 445. The smallest absolute Gasteiger partial charge is 0.252 e. The molecule has 0 aliphatic heterocycles. The lowest BCUT2D eigenvalue weighted by atomic mass is 10.0. The van der Waals surface area contributed by atoms with E-state index in [-0.39, 0.29) is 6.04 Å². The van der Waals surface area contributed by atoms with Gasteiger partial charge in [0.05, 0.1) is 17.4 Å². The summed E-state index contributed by atoms with van der Waals surface area (Å²) in [5.41, 5.74) is 11.7. The molecule has 1 aromatic heterocycles. The molecule has 0 spiro atoms. The number of nitrogens with one attached hydrogen (secondary N) is 1. The van der Waals surface area contributed by atoms with Gasteiger partial charge in [-0.15, -0.1) is 0 Å². The molecule has 0 bridgehead atoms. The van der Waals surface area contributed by atoms with Crippen molar-refractivity contribution in [1.29, 1.82) is 0 Å². The molecular weight excluding hydrogens is 242 g/mol. The van der Waals surface area contributed by atoms with Crippen LogP contribution in [0.25, 0.3) is 0 Å². The van der Waals surface area contributed by atoms with Crippen molar-refractivity contribution in [3.8, 4) is 0 Å². The van der Waals surface area contributed by atoms with Crippen LogP contribution >= 0.6 is 0 Å². The quantitative estimate of drug-likeness (QED) is 0.705. The van der Waals surface area contributed by atoms with Gasteiger partial charge in [-0.1, -0.05) is 13.8 Å². The third kappa shape index (κ3) is 4.40. The van der Waals surface area contributed by atoms with Crippen LogP contribution in [0.5, 0.6) is 0 Å². The highest BCUT2D eigenvalue weighted by atomic mass is 16.1. The van der Waals surface area contributed by atoms with Crippen LogP contribution in [0.15, 0.2) is 12.3 Å². The van der Waals surface area contributed by atoms with Crippen molar-refractivity contribution in [2.75, 3.05) is 31.7 Å². The van der Waals surface area contributed by atoms with Crippen molar-refractivity contribution in [1.82, 2.24) is 9.88 Å². The summed E-state index contributed by atoms with van der Waals surface area (Å²) in [5, 5.41) is 3.28. The number of likely N-dealkylation sites (N-methyl/N-ethyl adjacent to an activating group) is 1. The first-order valence-corrected chi connectivity index (χ1v) is 6.27. The number of rotatable bonds is 6. The van der Waals surface area contributed by atoms with Crippen molar-refractivity contribution >= 4 is 17.4 Å². The largest absolute Gasteiger partial charge is 0.397 e. The number of nitrogens with zero attached hydrogens (tertiary/aromatic N) is 2. The minimum Gasteiger partial charge on any atom is -0.397 e. The standard InChI is InChI=1S/C13H23N5O/c1-8(2)11(7-18(3)4)17-13-10(12(15)19)5-9(14)6-16-13/h5-6,8,11H,7,14H2,1-4H3,(H2,15,19)(H,16,17). The van der Waals surface area contributed by atoms with Crippen LogP contribution in [0.4, 0.5) is 11.5 Å². The topological polar surface area (TPSA) is 97.3 Å². The Morgan fingerprint density at radius 2 is 2.11 bits per heavy atom. The van der Waals surface area contributed by atoms with Gasteiger partial charge in [0, 0.05) is 12.6 Å². The van der Waals surface area contributed by atoms with Gasteiger partial charge in [-0.05, 0) is 26.1 Å². The lowest BCUT2D eigenvalue weighted by molar-refractivity contribution is 0.100. The van der Waals surface area contributed by atoms with Gasteiger partial charge in [0.2, 0.25) is 0 Å². The number of aromatic nitrogens is 1. The van der Waals surface area contributed by atoms with Crippen LogP contribution < -0.4 is 16.8 Å². The van der Waals surface area contributed by atoms with Crippen molar-refractivity contribution in [3.63, 3.8) is 0 Å². The fraction of sp³-hybridized carbons (Fsp3) is 0.538. The Labute approximate surface area is 114 Å². The summed E-state index contributed by atoms with van der Waals surface area (Å²) >= 11 is 0. The highest BCUT2D eigenvalue weighted by Gasteiger charge is 2.18. The fourth-order valence-corrected chi connectivity index (χ4v) is 1.78. The van der Waals surface area contributed by atoms with Gasteiger partial charge >= 0.3 is 0 Å². The van der Waals surface area contributed by atoms with E-state index in [0.29, 0.717) is 23.0 Å². The average Bonchev–Trinajstić information content (AvgIpc) is 2.29. The van der Waals surface area contributed by atoms with E-state index < -0.39 is 5.91 Å². The molecule has 0 radical (unpaired) electrons. The van der Waals surface area contributed by atoms with Gasteiger partial charge < -0.3 is 21.7 Å². The van der Waals surface area contributed by atoms with E-state index in [0.717, 1.165) is 6.54 Å². The fourth-order valence-electron chi connectivity index (χ4n) is 1.78. The first-order chi connectivity index (χ1) is 8.81. The molecule has 6 heteroatoms. The number of anilines is 2. The zero-order valence-corrected chi connectivity index (χ0v) is 12.0. The van der Waals surface area contributed by atoms with Crippen LogP contribution in [0, 0.1) is 5.92 Å². The highest BCUT2D eigenvalue weighted by molar-refractivity contribution is 5.98. The number of carbonyl (C=O) groups excluding carboxylic acids is 1. The van der Waals surface area contributed by atoms with Gasteiger partial charge in [0.15, 0.2) is 0 Å². The summed E-state index contributed by atoms with van der Waals surface area (Å²) in [5.74, 6) is 0.347. The number of hydrogen-bond acceptors (Lipinski definition) is 5. The van der Waals surface area contributed by atoms with Crippen molar-refractivity contribution in [3.05, 3.63) is 17.8 Å². The number of hydrogen-bond donors (Lipinski definition) is 3. The van der Waals surface area contributed by atoms with Crippen molar-refractivity contribution in [2.24, 2.45) is 11.7 Å². The zero-order chi connectivity index (χ0) is 14.6. The molecule has 0 aromatic carbocycles. The summed E-state index contributed by atoms with van der Waals surface area (Å²) in [7, 11) is 4.00. The Morgan fingerprint density at radius 1 is 1.47 bits per heavy atom. The van der Waals surface area contributed by atoms with Gasteiger partial charge in [-0.25, -0.2) is 4.98 Å². The van der Waals surface area contributed by atoms with E-state index in [2.05, 4.69) is 29.0 Å². The second kappa shape index (κ2) is 6.38. The second-order valence-corrected chi connectivity index (χ2v) is 5.29. The molecule has 1 amide bonds. The summed E-state index contributed by atoms with van der Waals surface area (Å²) in [6.07, 6.45) is 1.52. The van der Waals surface area contributed by atoms with Gasteiger partial charge in [-0.2, -0.15) is 0 Å². The maximum absolute atomic E-state index is 11.4. The van der Waals surface area contributed by atoms with E-state index in [1.165, 1.54) is 6.20 Å². The molecule has 1 heterocycles. The molecule has 19 heavy (non-hydrogen) atoms. The molecule has 1 unspecified atom stereocenters. The molecule has 106 valence electrons. The summed E-state index contributed by atoms with van der Waals surface area (Å²) < 4.78 is 0.